The lowest BCUT2D eigenvalue weighted by Gasteiger charge is -2.38. The second kappa shape index (κ2) is 8.54. The number of hydrogen-bond acceptors (Lipinski definition) is 4. The van der Waals surface area contributed by atoms with E-state index in [2.05, 4.69) is 64.1 Å². The van der Waals surface area contributed by atoms with Crippen LogP contribution in [0.15, 0.2) is 29.4 Å². The van der Waals surface area contributed by atoms with Crippen LogP contribution in [-0.2, 0) is 6.42 Å². The van der Waals surface area contributed by atoms with E-state index in [-0.39, 0.29) is 0 Å². The van der Waals surface area contributed by atoms with Crippen LogP contribution in [0.2, 0.25) is 0 Å². The molecule has 1 aromatic carbocycles. The highest BCUT2D eigenvalue weighted by Crippen LogP contribution is 2.23. The van der Waals surface area contributed by atoms with Crippen LogP contribution < -0.4 is 10.2 Å². The van der Waals surface area contributed by atoms with Gasteiger partial charge in [-0.1, -0.05) is 12.1 Å². The predicted molar refractivity (Wildman–Crippen MR) is 112 cm³/mol. The number of aryl methyl sites for hydroxylation is 2. The van der Waals surface area contributed by atoms with E-state index in [0.29, 0.717) is 0 Å². The van der Waals surface area contributed by atoms with Crippen molar-refractivity contribution in [2.45, 2.75) is 27.2 Å². The number of nitrogens with zero attached hydrogens (tertiary/aromatic N) is 4. The summed E-state index contributed by atoms with van der Waals surface area (Å²) in [4.78, 5) is 15.0. The largest absolute Gasteiger partial charge is 0.368 e. The number of rotatable bonds is 4. The van der Waals surface area contributed by atoms with Crippen LogP contribution in [0.25, 0.3) is 0 Å². The van der Waals surface area contributed by atoms with Gasteiger partial charge in [-0.2, -0.15) is 0 Å². The van der Waals surface area contributed by atoms with Gasteiger partial charge in [-0.25, -0.2) is 4.98 Å². The molecule has 1 fully saturated rings. The summed E-state index contributed by atoms with van der Waals surface area (Å²) in [6, 6.07) is 6.58. The Labute approximate surface area is 160 Å². The first-order valence-corrected chi connectivity index (χ1v) is 10.1. The molecule has 0 bridgehead atoms. The predicted octanol–water partition coefficient (Wildman–Crippen LogP) is 3.01. The normalized spacial score (nSPS) is 15.5. The highest BCUT2D eigenvalue weighted by Gasteiger charge is 2.20. The van der Waals surface area contributed by atoms with E-state index >= 15 is 0 Å². The number of hydrogen-bond donors (Lipinski definition) is 1. The molecule has 1 aliphatic rings. The molecule has 0 amide bonds. The van der Waals surface area contributed by atoms with E-state index in [1.165, 1.54) is 26.7 Å². The van der Waals surface area contributed by atoms with Crippen molar-refractivity contribution in [3.63, 3.8) is 0 Å². The van der Waals surface area contributed by atoms with E-state index in [1.54, 1.807) is 11.3 Å². The molecule has 2 aromatic rings. The van der Waals surface area contributed by atoms with Gasteiger partial charge in [0, 0.05) is 63.0 Å². The summed E-state index contributed by atoms with van der Waals surface area (Å²) in [6.45, 7) is 11.4. The molecule has 1 saturated heterocycles. The Morgan fingerprint density at radius 1 is 1.19 bits per heavy atom. The Hall–Kier alpha value is -2.08. The molecule has 0 aliphatic carbocycles. The first kappa shape index (κ1) is 18.7. The summed E-state index contributed by atoms with van der Waals surface area (Å²) in [5.41, 5.74) is 4.12. The molecule has 3 rings (SSSR count). The van der Waals surface area contributed by atoms with Crippen molar-refractivity contribution in [2.24, 2.45) is 4.99 Å². The molecule has 1 N–H and O–H groups in total. The van der Waals surface area contributed by atoms with Crippen LogP contribution in [0.3, 0.4) is 0 Å². The number of nitrogens with one attached hydrogen (secondary N) is 1. The van der Waals surface area contributed by atoms with Gasteiger partial charge in [0.1, 0.15) is 0 Å². The standard InChI is InChI=1S/C20H29N5S/c1-15-6-5-7-18(17(15)3)24-10-12-25(13-11-24)20(21-4)22-9-8-19-23-14-16(2)26-19/h5-7,14H,8-13H2,1-4H3,(H,21,22). The van der Waals surface area contributed by atoms with Gasteiger partial charge in [-0.15, -0.1) is 11.3 Å². The Kier molecular flexibility index (Phi) is 6.14. The maximum absolute atomic E-state index is 4.47. The van der Waals surface area contributed by atoms with Crippen molar-refractivity contribution in [3.8, 4) is 0 Å². The molecule has 1 aliphatic heterocycles. The summed E-state index contributed by atoms with van der Waals surface area (Å²) >= 11 is 1.77. The van der Waals surface area contributed by atoms with E-state index in [1.807, 2.05) is 13.2 Å². The van der Waals surface area contributed by atoms with Gasteiger partial charge >= 0.3 is 0 Å². The molecule has 6 heteroatoms. The molecule has 0 radical (unpaired) electrons. The zero-order valence-electron chi connectivity index (χ0n) is 16.2. The van der Waals surface area contributed by atoms with Gasteiger partial charge in [-0.05, 0) is 38.0 Å². The maximum Gasteiger partial charge on any atom is 0.193 e. The van der Waals surface area contributed by atoms with Crippen LogP contribution in [0, 0.1) is 20.8 Å². The zero-order chi connectivity index (χ0) is 18.5. The zero-order valence-corrected chi connectivity index (χ0v) is 17.1. The van der Waals surface area contributed by atoms with Crippen molar-refractivity contribution in [1.82, 2.24) is 15.2 Å². The molecule has 1 aromatic heterocycles. The lowest BCUT2D eigenvalue weighted by molar-refractivity contribution is 0.372. The minimum absolute atomic E-state index is 0.872. The number of piperazine rings is 1. The summed E-state index contributed by atoms with van der Waals surface area (Å²) < 4.78 is 0. The third-order valence-electron chi connectivity index (χ3n) is 5.00. The Morgan fingerprint density at radius 3 is 2.62 bits per heavy atom. The number of aliphatic imine (C=N–C) groups is 1. The molecule has 26 heavy (non-hydrogen) atoms. The van der Waals surface area contributed by atoms with Gasteiger partial charge < -0.3 is 15.1 Å². The minimum Gasteiger partial charge on any atom is -0.368 e. The first-order valence-electron chi connectivity index (χ1n) is 9.26. The van der Waals surface area contributed by atoms with Gasteiger partial charge in [0.15, 0.2) is 5.96 Å². The second-order valence-corrected chi connectivity index (χ2v) is 8.10. The van der Waals surface area contributed by atoms with Crippen LogP contribution in [0.1, 0.15) is 21.0 Å². The van der Waals surface area contributed by atoms with Crippen molar-refractivity contribution in [2.75, 3.05) is 44.7 Å². The van der Waals surface area contributed by atoms with Crippen LogP contribution in [0.5, 0.6) is 0 Å². The SMILES string of the molecule is CN=C(NCCc1ncc(C)s1)N1CCN(c2cccc(C)c2C)CC1. The fourth-order valence-electron chi connectivity index (χ4n) is 3.37. The van der Waals surface area contributed by atoms with Crippen molar-refractivity contribution in [3.05, 3.63) is 45.4 Å². The van der Waals surface area contributed by atoms with Gasteiger partial charge in [0.2, 0.25) is 0 Å². The smallest absolute Gasteiger partial charge is 0.193 e. The molecule has 140 valence electrons. The van der Waals surface area contributed by atoms with E-state index in [0.717, 1.165) is 45.1 Å². The molecule has 0 unspecified atom stereocenters. The van der Waals surface area contributed by atoms with Gasteiger partial charge in [0.25, 0.3) is 0 Å². The quantitative estimate of drug-likeness (QED) is 0.663. The topological polar surface area (TPSA) is 43.8 Å². The lowest BCUT2D eigenvalue weighted by Crippen LogP contribution is -2.53. The fraction of sp³-hybridized carbons (Fsp3) is 0.500. The summed E-state index contributed by atoms with van der Waals surface area (Å²) in [5.74, 6) is 0.999. The molecular formula is C20H29N5S. The van der Waals surface area contributed by atoms with Crippen molar-refractivity contribution in [1.29, 1.82) is 0 Å². The van der Waals surface area contributed by atoms with Crippen molar-refractivity contribution < 1.29 is 0 Å². The summed E-state index contributed by atoms with van der Waals surface area (Å²) in [7, 11) is 1.87. The number of guanidine groups is 1. The molecule has 2 heterocycles. The molecular weight excluding hydrogens is 342 g/mol. The first-order chi connectivity index (χ1) is 12.6. The average Bonchev–Trinajstić information content (AvgIpc) is 3.07. The third-order valence-corrected chi connectivity index (χ3v) is 5.97. The Balaban J connectivity index is 1.51. The van der Waals surface area contributed by atoms with E-state index < -0.39 is 0 Å². The van der Waals surface area contributed by atoms with Crippen molar-refractivity contribution >= 4 is 23.0 Å². The van der Waals surface area contributed by atoms with Crippen LogP contribution in [-0.4, -0.2) is 55.6 Å². The summed E-state index contributed by atoms with van der Waals surface area (Å²) in [6.07, 6.45) is 2.89. The number of thiazole rings is 1. The van der Waals surface area contributed by atoms with Gasteiger partial charge in [0.05, 0.1) is 5.01 Å². The van der Waals surface area contributed by atoms with E-state index in [4.69, 9.17) is 0 Å². The molecule has 5 nitrogen and oxygen atoms in total. The minimum atomic E-state index is 0.872. The number of benzene rings is 1. The Bertz CT molecular complexity index is 759. The molecule has 0 atom stereocenters. The lowest BCUT2D eigenvalue weighted by atomic mass is 10.1. The fourth-order valence-corrected chi connectivity index (χ4v) is 4.15. The van der Waals surface area contributed by atoms with E-state index in [9.17, 15) is 0 Å². The van der Waals surface area contributed by atoms with Crippen LogP contribution >= 0.6 is 11.3 Å². The summed E-state index contributed by atoms with van der Waals surface area (Å²) in [5, 5.41) is 4.68. The van der Waals surface area contributed by atoms with Gasteiger partial charge in [-0.3, -0.25) is 4.99 Å². The number of aromatic nitrogens is 1. The maximum atomic E-state index is 4.47. The highest BCUT2D eigenvalue weighted by atomic mass is 32.1. The van der Waals surface area contributed by atoms with Crippen LogP contribution in [0.4, 0.5) is 5.69 Å². The highest BCUT2D eigenvalue weighted by molar-refractivity contribution is 7.11. The number of anilines is 1. The second-order valence-electron chi connectivity index (χ2n) is 6.78. The Morgan fingerprint density at radius 2 is 1.96 bits per heavy atom. The monoisotopic (exact) mass is 371 g/mol. The average molecular weight is 372 g/mol. The molecule has 0 saturated carbocycles. The third kappa shape index (κ3) is 4.36. The molecule has 0 spiro atoms.